The lowest BCUT2D eigenvalue weighted by molar-refractivity contribution is 1.36. The van der Waals surface area contributed by atoms with Crippen LogP contribution in [0.1, 0.15) is 5.56 Å². The molecular formula is C37H25N. The zero-order chi connectivity index (χ0) is 25.2. The van der Waals surface area contributed by atoms with E-state index in [1.165, 1.54) is 77.0 Å². The molecule has 2 heterocycles. The summed E-state index contributed by atoms with van der Waals surface area (Å²) >= 11 is 0. The summed E-state index contributed by atoms with van der Waals surface area (Å²) in [5.41, 5.74) is 12.6. The highest BCUT2D eigenvalue weighted by Crippen LogP contribution is 2.40. The van der Waals surface area contributed by atoms with Crippen LogP contribution in [-0.4, -0.2) is 4.40 Å². The predicted molar refractivity (Wildman–Crippen MR) is 162 cm³/mol. The average Bonchev–Trinajstić information content (AvgIpc) is 3.49. The Labute approximate surface area is 221 Å². The van der Waals surface area contributed by atoms with Crippen molar-refractivity contribution in [3.63, 3.8) is 0 Å². The Morgan fingerprint density at radius 1 is 0.368 bits per heavy atom. The van der Waals surface area contributed by atoms with Crippen LogP contribution in [0.4, 0.5) is 0 Å². The molecule has 0 bridgehead atoms. The molecule has 0 unspecified atom stereocenters. The Morgan fingerprint density at radius 2 is 0.868 bits per heavy atom. The molecular weight excluding hydrogens is 458 g/mol. The molecule has 1 heteroatoms. The first-order valence-corrected chi connectivity index (χ1v) is 13.2. The van der Waals surface area contributed by atoms with E-state index in [0.29, 0.717) is 0 Å². The molecule has 1 nitrogen and oxygen atoms in total. The zero-order valence-electron chi connectivity index (χ0n) is 21.1. The molecule has 8 rings (SSSR count). The molecule has 178 valence electrons. The van der Waals surface area contributed by atoms with Gasteiger partial charge in [0.2, 0.25) is 0 Å². The predicted octanol–water partition coefficient (Wildman–Crippen LogP) is 10.1. The second-order valence-electron chi connectivity index (χ2n) is 10.3. The van der Waals surface area contributed by atoms with E-state index in [1.54, 1.807) is 0 Å². The van der Waals surface area contributed by atoms with E-state index >= 15 is 0 Å². The summed E-state index contributed by atoms with van der Waals surface area (Å²) < 4.78 is 2.45. The minimum absolute atomic E-state index is 1.23. The number of aryl methyl sites for hydroxylation is 1. The van der Waals surface area contributed by atoms with Gasteiger partial charge < -0.3 is 4.40 Å². The number of rotatable bonds is 3. The van der Waals surface area contributed by atoms with Crippen molar-refractivity contribution in [2.45, 2.75) is 6.92 Å². The fourth-order valence-corrected chi connectivity index (χ4v) is 6.16. The van der Waals surface area contributed by atoms with Crippen LogP contribution in [-0.2, 0) is 0 Å². The van der Waals surface area contributed by atoms with Crippen molar-refractivity contribution >= 4 is 38.1 Å². The van der Waals surface area contributed by atoms with Crippen molar-refractivity contribution in [3.05, 3.63) is 139 Å². The molecule has 0 fully saturated rings. The first-order valence-electron chi connectivity index (χ1n) is 13.2. The van der Waals surface area contributed by atoms with Crippen molar-refractivity contribution in [3.8, 4) is 33.4 Å². The minimum atomic E-state index is 1.23. The third-order valence-corrected chi connectivity index (χ3v) is 7.97. The molecule has 0 aliphatic carbocycles. The van der Waals surface area contributed by atoms with Crippen LogP contribution < -0.4 is 0 Å². The standard InChI is InChI=1S/C37H25N/c1-24-16-18-35-33(20-24)31-14-7-15-32-34-23-30(17-19-36(34)38(35)37(31)32)29-13-6-12-28(22-29)27-11-5-10-26(21-27)25-8-3-2-4-9-25/h2-23H,1H3. The minimum Gasteiger partial charge on any atom is -0.308 e. The van der Waals surface area contributed by atoms with Gasteiger partial charge in [0, 0.05) is 21.5 Å². The van der Waals surface area contributed by atoms with Gasteiger partial charge in [-0.2, -0.15) is 0 Å². The van der Waals surface area contributed by atoms with Crippen LogP contribution in [0.25, 0.3) is 71.5 Å². The highest BCUT2D eigenvalue weighted by atomic mass is 14.9. The average molecular weight is 484 g/mol. The van der Waals surface area contributed by atoms with Crippen LogP contribution in [0.5, 0.6) is 0 Å². The molecule has 6 aromatic carbocycles. The molecule has 0 atom stereocenters. The van der Waals surface area contributed by atoms with Gasteiger partial charge in [-0.15, -0.1) is 0 Å². The Bertz CT molecular complexity index is 2130. The van der Waals surface area contributed by atoms with Crippen LogP contribution in [0.2, 0.25) is 0 Å². The Morgan fingerprint density at radius 3 is 1.53 bits per heavy atom. The number of nitrogens with zero attached hydrogens (tertiary/aromatic N) is 1. The maximum absolute atomic E-state index is 2.45. The second-order valence-corrected chi connectivity index (χ2v) is 10.3. The number of hydrogen-bond acceptors (Lipinski definition) is 0. The molecule has 0 N–H and O–H groups in total. The third-order valence-electron chi connectivity index (χ3n) is 7.97. The normalized spacial score (nSPS) is 11.8. The van der Waals surface area contributed by atoms with Gasteiger partial charge in [0.25, 0.3) is 0 Å². The van der Waals surface area contributed by atoms with Crippen molar-refractivity contribution in [1.82, 2.24) is 4.40 Å². The molecule has 0 aliphatic heterocycles. The van der Waals surface area contributed by atoms with Crippen molar-refractivity contribution in [1.29, 1.82) is 0 Å². The van der Waals surface area contributed by atoms with Crippen molar-refractivity contribution < 1.29 is 0 Å². The molecule has 0 saturated heterocycles. The van der Waals surface area contributed by atoms with Gasteiger partial charge in [-0.1, -0.05) is 103 Å². The lowest BCUT2D eigenvalue weighted by Gasteiger charge is -2.09. The van der Waals surface area contributed by atoms with Gasteiger partial charge in [0.1, 0.15) is 0 Å². The van der Waals surface area contributed by atoms with E-state index in [2.05, 4.69) is 145 Å². The number of benzene rings is 6. The van der Waals surface area contributed by atoms with Crippen LogP contribution in [0, 0.1) is 6.92 Å². The Balaban J connectivity index is 1.28. The van der Waals surface area contributed by atoms with Crippen molar-refractivity contribution in [2.24, 2.45) is 0 Å². The SMILES string of the molecule is Cc1ccc2c(c1)c1cccc3c4cc(-c5cccc(-c6cccc(-c7ccccc7)c6)c5)ccc4n2c13. The van der Waals surface area contributed by atoms with E-state index < -0.39 is 0 Å². The van der Waals surface area contributed by atoms with Gasteiger partial charge in [0.05, 0.1) is 16.6 Å². The lowest BCUT2D eigenvalue weighted by Crippen LogP contribution is -1.84. The molecule has 0 amide bonds. The maximum atomic E-state index is 2.45. The summed E-state index contributed by atoms with van der Waals surface area (Å²) in [7, 11) is 0. The lowest BCUT2D eigenvalue weighted by atomic mass is 9.95. The first kappa shape index (κ1) is 21.2. The molecule has 8 aromatic rings. The highest BCUT2D eigenvalue weighted by molar-refractivity contribution is 6.23. The van der Waals surface area contributed by atoms with Gasteiger partial charge in [-0.05, 0) is 76.7 Å². The summed E-state index contributed by atoms with van der Waals surface area (Å²) in [6.45, 7) is 2.17. The molecule has 38 heavy (non-hydrogen) atoms. The summed E-state index contributed by atoms with van der Waals surface area (Å²) in [6.07, 6.45) is 0. The largest absolute Gasteiger partial charge is 0.308 e. The molecule has 0 spiro atoms. The fraction of sp³-hybridized carbons (Fsp3) is 0.0270. The highest BCUT2D eigenvalue weighted by Gasteiger charge is 2.17. The summed E-state index contributed by atoms with van der Waals surface area (Å²) in [5, 5.41) is 5.29. The molecule has 0 radical (unpaired) electrons. The monoisotopic (exact) mass is 483 g/mol. The van der Waals surface area contributed by atoms with Crippen LogP contribution in [0.15, 0.2) is 133 Å². The quantitative estimate of drug-likeness (QED) is 0.235. The van der Waals surface area contributed by atoms with E-state index in [0.717, 1.165) is 0 Å². The Hall–Kier alpha value is -4.88. The van der Waals surface area contributed by atoms with Crippen LogP contribution in [0.3, 0.4) is 0 Å². The Kier molecular flexibility index (Phi) is 4.50. The van der Waals surface area contributed by atoms with Crippen LogP contribution >= 0.6 is 0 Å². The summed E-state index contributed by atoms with van der Waals surface area (Å²) in [6, 6.07) is 48.8. The fourth-order valence-electron chi connectivity index (χ4n) is 6.16. The first-order chi connectivity index (χ1) is 18.7. The topological polar surface area (TPSA) is 4.41 Å². The number of aromatic nitrogens is 1. The van der Waals surface area contributed by atoms with Gasteiger partial charge >= 0.3 is 0 Å². The second kappa shape index (κ2) is 8.06. The van der Waals surface area contributed by atoms with Gasteiger partial charge in [-0.25, -0.2) is 0 Å². The van der Waals surface area contributed by atoms with Gasteiger partial charge in [-0.3, -0.25) is 0 Å². The molecule has 2 aromatic heterocycles. The zero-order valence-corrected chi connectivity index (χ0v) is 21.1. The number of fused-ring (bicyclic) bond motifs is 6. The molecule has 0 saturated carbocycles. The van der Waals surface area contributed by atoms with E-state index in [-0.39, 0.29) is 0 Å². The van der Waals surface area contributed by atoms with E-state index in [4.69, 9.17) is 0 Å². The van der Waals surface area contributed by atoms with E-state index in [1.807, 2.05) is 0 Å². The summed E-state index contributed by atoms with van der Waals surface area (Å²) in [4.78, 5) is 0. The summed E-state index contributed by atoms with van der Waals surface area (Å²) in [5.74, 6) is 0. The van der Waals surface area contributed by atoms with Gasteiger partial charge in [0.15, 0.2) is 0 Å². The number of para-hydroxylation sites is 1. The number of hydrogen-bond donors (Lipinski definition) is 0. The molecule has 0 aliphatic rings. The van der Waals surface area contributed by atoms with Crippen molar-refractivity contribution in [2.75, 3.05) is 0 Å². The maximum Gasteiger partial charge on any atom is 0.0620 e. The smallest absolute Gasteiger partial charge is 0.0620 e. The van der Waals surface area contributed by atoms with E-state index in [9.17, 15) is 0 Å². The third kappa shape index (κ3) is 3.12.